The van der Waals surface area contributed by atoms with E-state index in [1.165, 1.54) is 55.0 Å². The lowest BCUT2D eigenvalue weighted by Gasteiger charge is -2.12. The van der Waals surface area contributed by atoms with Gasteiger partial charge in [0.25, 0.3) is 0 Å². The number of ether oxygens (including phenoxy) is 3. The van der Waals surface area contributed by atoms with Gasteiger partial charge in [-0.15, -0.1) is 0 Å². The largest absolute Gasteiger partial charge is 0.490 e. The molecule has 0 heterocycles. The van der Waals surface area contributed by atoms with Crippen LogP contribution in [0, 0.1) is 17.5 Å². The van der Waals surface area contributed by atoms with Crippen LogP contribution in [0.1, 0.15) is 94.8 Å². The van der Waals surface area contributed by atoms with E-state index in [2.05, 4.69) is 13.8 Å². The number of hydrogen-bond acceptors (Lipinski definition) is 4. The van der Waals surface area contributed by atoms with Crippen molar-refractivity contribution in [2.24, 2.45) is 0 Å². The molecule has 3 aromatic carbocycles. The molecule has 0 aliphatic heterocycles. The molecular formula is C35H42F4O4. The van der Waals surface area contributed by atoms with E-state index in [1.54, 1.807) is 0 Å². The van der Waals surface area contributed by atoms with Gasteiger partial charge in [0.1, 0.15) is 18.5 Å². The number of esters is 1. The molecule has 0 fully saturated rings. The van der Waals surface area contributed by atoms with Crippen molar-refractivity contribution >= 4 is 5.97 Å². The average Bonchev–Trinajstić information content (AvgIpc) is 3.00. The van der Waals surface area contributed by atoms with Crippen LogP contribution < -0.4 is 14.2 Å². The van der Waals surface area contributed by atoms with Crippen LogP contribution in [0.25, 0.3) is 11.1 Å². The number of benzene rings is 3. The van der Waals surface area contributed by atoms with E-state index in [0.29, 0.717) is 18.6 Å². The van der Waals surface area contributed by atoms with E-state index in [0.717, 1.165) is 63.9 Å². The number of hydrogen-bond donors (Lipinski definition) is 0. The van der Waals surface area contributed by atoms with Crippen LogP contribution in [-0.4, -0.2) is 25.4 Å². The molecule has 0 aliphatic carbocycles. The first-order chi connectivity index (χ1) is 20.8. The smallest absolute Gasteiger partial charge is 0.343 e. The molecule has 8 heteroatoms. The highest BCUT2D eigenvalue weighted by Crippen LogP contribution is 2.31. The second-order valence-electron chi connectivity index (χ2n) is 10.7. The van der Waals surface area contributed by atoms with Crippen molar-refractivity contribution in [1.29, 1.82) is 0 Å². The van der Waals surface area contributed by atoms with Crippen molar-refractivity contribution in [1.82, 2.24) is 0 Å². The zero-order valence-corrected chi connectivity index (χ0v) is 25.1. The monoisotopic (exact) mass is 602 g/mol. The summed E-state index contributed by atoms with van der Waals surface area (Å²) in [6.07, 6.45) is 9.32. The van der Waals surface area contributed by atoms with Crippen LogP contribution in [-0.2, 0) is 0 Å². The molecule has 0 aromatic heterocycles. The first-order valence-corrected chi connectivity index (χ1v) is 15.3. The van der Waals surface area contributed by atoms with Gasteiger partial charge in [0, 0.05) is 5.56 Å². The van der Waals surface area contributed by atoms with E-state index in [9.17, 15) is 22.4 Å². The van der Waals surface area contributed by atoms with Crippen LogP contribution in [0.15, 0.2) is 54.6 Å². The molecule has 0 bridgehead atoms. The van der Waals surface area contributed by atoms with Gasteiger partial charge in [-0.3, -0.25) is 0 Å². The first kappa shape index (κ1) is 33.9. The van der Waals surface area contributed by atoms with E-state index in [1.807, 2.05) is 0 Å². The van der Waals surface area contributed by atoms with Crippen molar-refractivity contribution < 1.29 is 36.6 Å². The van der Waals surface area contributed by atoms with Gasteiger partial charge in [-0.2, -0.15) is 4.39 Å². The van der Waals surface area contributed by atoms with E-state index in [4.69, 9.17) is 14.2 Å². The Balaban J connectivity index is 1.52. The van der Waals surface area contributed by atoms with E-state index in [-0.39, 0.29) is 35.0 Å². The van der Waals surface area contributed by atoms with Crippen molar-refractivity contribution in [2.45, 2.75) is 90.6 Å². The Kier molecular flexibility index (Phi) is 14.4. The van der Waals surface area contributed by atoms with Crippen molar-refractivity contribution in [3.05, 3.63) is 77.6 Å². The molecule has 4 nitrogen and oxygen atoms in total. The lowest BCUT2D eigenvalue weighted by atomic mass is 10.0. The quantitative estimate of drug-likeness (QED) is 0.0593. The zero-order valence-electron chi connectivity index (χ0n) is 25.1. The average molecular weight is 603 g/mol. The maximum atomic E-state index is 14.8. The lowest BCUT2D eigenvalue weighted by molar-refractivity contribution is 0.0734. The first-order valence-electron chi connectivity index (χ1n) is 15.3. The second kappa shape index (κ2) is 18.2. The number of rotatable bonds is 19. The SMILES string of the molecule is CCCCCCCCOc1ccc(-c2ccc(OC(=O)c3ccc(OCC(F)CCCCCC)c(F)c3)cc2)c(F)c1F. The Morgan fingerprint density at radius 1 is 0.721 bits per heavy atom. The number of carbonyl (C=O) groups is 1. The van der Waals surface area contributed by atoms with Crippen molar-refractivity contribution in [3.8, 4) is 28.4 Å². The summed E-state index contributed by atoms with van der Waals surface area (Å²) in [7, 11) is 0. The van der Waals surface area contributed by atoms with Gasteiger partial charge >= 0.3 is 5.97 Å². The number of unbranched alkanes of at least 4 members (excludes halogenated alkanes) is 8. The predicted octanol–water partition coefficient (Wildman–Crippen LogP) is 10.4. The Bertz CT molecular complexity index is 1280. The third-order valence-corrected chi connectivity index (χ3v) is 7.14. The Hall–Kier alpha value is -3.55. The molecule has 0 saturated carbocycles. The molecule has 43 heavy (non-hydrogen) atoms. The van der Waals surface area contributed by atoms with Gasteiger partial charge in [0.15, 0.2) is 23.1 Å². The summed E-state index contributed by atoms with van der Waals surface area (Å²) in [5.41, 5.74) is 0.356. The van der Waals surface area contributed by atoms with Gasteiger partial charge in [-0.05, 0) is 60.9 Å². The normalized spacial score (nSPS) is 11.8. The summed E-state index contributed by atoms with van der Waals surface area (Å²) >= 11 is 0. The molecule has 1 atom stereocenters. The summed E-state index contributed by atoms with van der Waals surface area (Å²) in [5.74, 6) is -3.85. The van der Waals surface area contributed by atoms with Crippen LogP contribution in [0.4, 0.5) is 17.6 Å². The third kappa shape index (κ3) is 10.9. The fourth-order valence-electron chi connectivity index (χ4n) is 4.60. The summed E-state index contributed by atoms with van der Waals surface area (Å²) in [6.45, 7) is 4.28. The number of halogens is 4. The summed E-state index contributed by atoms with van der Waals surface area (Å²) in [4.78, 5) is 12.6. The topological polar surface area (TPSA) is 44.8 Å². The fourth-order valence-corrected chi connectivity index (χ4v) is 4.60. The Labute approximate surface area is 252 Å². The third-order valence-electron chi connectivity index (χ3n) is 7.14. The molecule has 0 N–H and O–H groups in total. The predicted molar refractivity (Wildman–Crippen MR) is 161 cm³/mol. The van der Waals surface area contributed by atoms with Crippen LogP contribution in [0.5, 0.6) is 17.2 Å². The highest BCUT2D eigenvalue weighted by Gasteiger charge is 2.17. The van der Waals surface area contributed by atoms with Gasteiger partial charge in [-0.1, -0.05) is 83.8 Å². The lowest BCUT2D eigenvalue weighted by Crippen LogP contribution is -2.14. The molecule has 0 aliphatic rings. The standard InChI is InChI=1S/C35H42F4O4/c1-3-5-7-9-10-12-22-41-32-21-19-29(33(38)34(32)39)25-14-17-28(18-15-25)43-35(40)26-16-20-31(30(37)23-26)42-24-27(36)13-11-8-6-4-2/h14-21,23,27H,3-13,22,24H2,1-2H3. The maximum Gasteiger partial charge on any atom is 0.343 e. The maximum absolute atomic E-state index is 14.8. The zero-order chi connectivity index (χ0) is 31.0. The Morgan fingerprint density at radius 3 is 2.07 bits per heavy atom. The number of alkyl halides is 1. The molecule has 0 radical (unpaired) electrons. The second-order valence-corrected chi connectivity index (χ2v) is 10.7. The summed E-state index contributed by atoms with van der Waals surface area (Å²) < 4.78 is 74.1. The van der Waals surface area contributed by atoms with Gasteiger partial charge in [0.2, 0.25) is 5.82 Å². The minimum atomic E-state index is -1.20. The molecule has 0 spiro atoms. The van der Waals surface area contributed by atoms with E-state index < -0.39 is 29.6 Å². The minimum Gasteiger partial charge on any atom is -0.490 e. The van der Waals surface area contributed by atoms with Crippen molar-refractivity contribution in [2.75, 3.05) is 13.2 Å². The van der Waals surface area contributed by atoms with Crippen LogP contribution in [0.3, 0.4) is 0 Å². The van der Waals surface area contributed by atoms with Crippen LogP contribution >= 0.6 is 0 Å². The highest BCUT2D eigenvalue weighted by atomic mass is 19.2. The minimum absolute atomic E-state index is 0.0384. The van der Waals surface area contributed by atoms with Gasteiger partial charge in [-0.25, -0.2) is 18.0 Å². The van der Waals surface area contributed by atoms with E-state index >= 15 is 0 Å². The molecular weight excluding hydrogens is 560 g/mol. The summed E-state index contributed by atoms with van der Waals surface area (Å²) in [5, 5.41) is 0. The van der Waals surface area contributed by atoms with Crippen LogP contribution in [0.2, 0.25) is 0 Å². The highest BCUT2D eigenvalue weighted by molar-refractivity contribution is 5.91. The van der Waals surface area contributed by atoms with Gasteiger partial charge in [0.05, 0.1) is 12.2 Å². The summed E-state index contributed by atoms with van der Waals surface area (Å²) in [6, 6.07) is 12.3. The van der Waals surface area contributed by atoms with Gasteiger partial charge < -0.3 is 14.2 Å². The fraction of sp³-hybridized carbons (Fsp3) is 0.457. The molecule has 3 rings (SSSR count). The van der Waals surface area contributed by atoms with Crippen molar-refractivity contribution in [3.63, 3.8) is 0 Å². The Morgan fingerprint density at radius 2 is 1.37 bits per heavy atom. The molecule has 0 saturated heterocycles. The molecule has 0 amide bonds. The molecule has 3 aromatic rings. The molecule has 1 unspecified atom stereocenters. The molecule has 234 valence electrons. The number of carbonyl (C=O) groups excluding carboxylic acids is 1.